The molecule has 0 spiro atoms. The highest BCUT2D eigenvalue weighted by Gasteiger charge is 2.41. The van der Waals surface area contributed by atoms with Gasteiger partial charge in [0.1, 0.15) is 12.1 Å². The number of aliphatic hydroxyl groups is 1. The highest BCUT2D eigenvalue weighted by Crippen LogP contribution is 2.25. The highest BCUT2D eigenvalue weighted by molar-refractivity contribution is 5.92. The summed E-state index contributed by atoms with van der Waals surface area (Å²) in [5, 5.41) is 18.9. The van der Waals surface area contributed by atoms with E-state index in [1.54, 1.807) is 11.9 Å². The van der Waals surface area contributed by atoms with E-state index >= 15 is 0 Å². The number of likely N-dealkylation sites (N-methyl/N-ethyl adjacent to an activating group) is 1. The van der Waals surface area contributed by atoms with Gasteiger partial charge in [0.05, 0.1) is 5.92 Å². The van der Waals surface area contributed by atoms with Crippen LogP contribution in [0.3, 0.4) is 0 Å². The Kier molecular flexibility index (Phi) is 9.58. The lowest BCUT2D eigenvalue weighted by atomic mass is 9.93. The van der Waals surface area contributed by atoms with Gasteiger partial charge in [-0.2, -0.15) is 0 Å². The van der Waals surface area contributed by atoms with Crippen LogP contribution >= 0.6 is 0 Å². The fraction of sp³-hybridized carbons (Fsp3) is 0.833. The standard InChI is InChI=1S/C18H33N3O5/c1-4-6-9-13(15(22)16(23)19-26)17(24)21-12-8-10-14(21)18(25)20(3)11-7-5-2/h13-15,22,26H,4-12H2,1-3H3,(H,19,23)/t13-,14+,15+/m1/s1. The van der Waals surface area contributed by atoms with E-state index in [2.05, 4.69) is 6.92 Å². The fourth-order valence-corrected chi connectivity index (χ4v) is 3.35. The van der Waals surface area contributed by atoms with Crippen molar-refractivity contribution in [1.29, 1.82) is 0 Å². The molecule has 0 bridgehead atoms. The van der Waals surface area contributed by atoms with Crippen molar-refractivity contribution < 1.29 is 24.7 Å². The normalized spacial score (nSPS) is 19.1. The van der Waals surface area contributed by atoms with Crippen LogP contribution in [0.2, 0.25) is 0 Å². The lowest BCUT2D eigenvalue weighted by Gasteiger charge is -2.32. The molecule has 26 heavy (non-hydrogen) atoms. The number of amides is 3. The van der Waals surface area contributed by atoms with Gasteiger partial charge in [0.15, 0.2) is 0 Å². The molecule has 0 unspecified atom stereocenters. The number of carbonyl (C=O) groups excluding carboxylic acids is 3. The number of hydrogen-bond acceptors (Lipinski definition) is 5. The molecule has 1 saturated heterocycles. The van der Waals surface area contributed by atoms with Crippen molar-refractivity contribution in [3.8, 4) is 0 Å². The van der Waals surface area contributed by atoms with Crippen LogP contribution in [-0.2, 0) is 14.4 Å². The Morgan fingerprint density at radius 1 is 1.23 bits per heavy atom. The number of nitrogens with zero attached hydrogens (tertiary/aromatic N) is 2. The van der Waals surface area contributed by atoms with Gasteiger partial charge in [-0.05, 0) is 25.7 Å². The first-order chi connectivity index (χ1) is 12.4. The number of unbranched alkanes of at least 4 members (excludes halogenated alkanes) is 2. The third-order valence-corrected chi connectivity index (χ3v) is 4.99. The Morgan fingerprint density at radius 2 is 1.88 bits per heavy atom. The van der Waals surface area contributed by atoms with E-state index in [-0.39, 0.29) is 5.91 Å². The molecule has 150 valence electrons. The van der Waals surface area contributed by atoms with Gasteiger partial charge < -0.3 is 14.9 Å². The van der Waals surface area contributed by atoms with Gasteiger partial charge in [-0.3, -0.25) is 19.6 Å². The molecule has 1 heterocycles. The molecule has 0 aromatic heterocycles. The smallest absolute Gasteiger partial charge is 0.272 e. The lowest BCUT2D eigenvalue weighted by Crippen LogP contribution is -2.52. The Bertz CT molecular complexity index is 485. The second-order valence-corrected chi connectivity index (χ2v) is 6.97. The van der Waals surface area contributed by atoms with E-state index in [0.717, 1.165) is 19.3 Å². The maximum atomic E-state index is 13.0. The van der Waals surface area contributed by atoms with Crippen LogP contribution in [0.5, 0.6) is 0 Å². The van der Waals surface area contributed by atoms with Gasteiger partial charge >= 0.3 is 0 Å². The SMILES string of the molecule is CCCC[C@@H](C(=O)N1CCC[C@H]1C(=O)N(C)CCCC)[C@H](O)C(=O)NO. The molecule has 8 heteroatoms. The summed E-state index contributed by atoms with van der Waals surface area (Å²) in [5.41, 5.74) is 1.41. The van der Waals surface area contributed by atoms with Crippen molar-refractivity contribution in [3.05, 3.63) is 0 Å². The summed E-state index contributed by atoms with van der Waals surface area (Å²) in [6, 6.07) is -0.544. The molecule has 8 nitrogen and oxygen atoms in total. The van der Waals surface area contributed by atoms with Crippen LogP contribution in [0.25, 0.3) is 0 Å². The summed E-state index contributed by atoms with van der Waals surface area (Å²) >= 11 is 0. The zero-order chi connectivity index (χ0) is 19.7. The molecule has 0 radical (unpaired) electrons. The highest BCUT2D eigenvalue weighted by atomic mass is 16.5. The molecular formula is C18H33N3O5. The second-order valence-electron chi connectivity index (χ2n) is 6.97. The maximum absolute atomic E-state index is 13.0. The average Bonchev–Trinajstić information content (AvgIpc) is 3.14. The van der Waals surface area contributed by atoms with Crippen LogP contribution in [0.15, 0.2) is 0 Å². The van der Waals surface area contributed by atoms with Crippen molar-refractivity contribution in [1.82, 2.24) is 15.3 Å². The van der Waals surface area contributed by atoms with Crippen molar-refractivity contribution in [3.63, 3.8) is 0 Å². The van der Waals surface area contributed by atoms with E-state index in [1.807, 2.05) is 6.92 Å². The number of hydrogen-bond donors (Lipinski definition) is 3. The van der Waals surface area contributed by atoms with E-state index in [4.69, 9.17) is 5.21 Å². The van der Waals surface area contributed by atoms with Gasteiger partial charge in [0.2, 0.25) is 11.8 Å². The molecule has 1 rings (SSSR count). The Morgan fingerprint density at radius 3 is 2.46 bits per heavy atom. The molecule has 1 fully saturated rings. The number of carbonyl (C=O) groups is 3. The summed E-state index contributed by atoms with van der Waals surface area (Å²) in [6.45, 7) is 5.08. The van der Waals surface area contributed by atoms with Gasteiger partial charge in [0, 0.05) is 20.1 Å². The number of hydroxylamine groups is 1. The van der Waals surface area contributed by atoms with Crippen LogP contribution in [0.4, 0.5) is 0 Å². The molecule has 0 saturated carbocycles. The molecule has 1 aliphatic rings. The molecule has 3 N–H and O–H groups in total. The third kappa shape index (κ3) is 5.67. The van der Waals surface area contributed by atoms with Crippen molar-refractivity contribution >= 4 is 17.7 Å². The van der Waals surface area contributed by atoms with Gasteiger partial charge in [-0.25, -0.2) is 5.48 Å². The molecule has 0 aliphatic carbocycles. The number of likely N-dealkylation sites (tertiary alicyclic amines) is 1. The average molecular weight is 371 g/mol. The molecule has 3 amide bonds. The van der Waals surface area contributed by atoms with Crippen LogP contribution in [0, 0.1) is 5.92 Å². The molecule has 0 aromatic rings. The number of rotatable bonds is 10. The fourth-order valence-electron chi connectivity index (χ4n) is 3.35. The van der Waals surface area contributed by atoms with Crippen LogP contribution < -0.4 is 5.48 Å². The molecule has 1 aliphatic heterocycles. The first kappa shape index (κ1) is 22.4. The second kappa shape index (κ2) is 11.1. The van der Waals surface area contributed by atoms with E-state index in [0.29, 0.717) is 38.8 Å². The first-order valence-corrected chi connectivity index (χ1v) is 9.56. The zero-order valence-electron chi connectivity index (χ0n) is 16.1. The Balaban J connectivity index is 2.90. The monoisotopic (exact) mass is 371 g/mol. The van der Waals surface area contributed by atoms with Crippen molar-refractivity contribution in [2.24, 2.45) is 5.92 Å². The number of aliphatic hydroxyl groups excluding tert-OH is 1. The Hall–Kier alpha value is -1.67. The first-order valence-electron chi connectivity index (χ1n) is 9.56. The summed E-state index contributed by atoms with van der Waals surface area (Å²) in [7, 11) is 1.74. The van der Waals surface area contributed by atoms with E-state index in [9.17, 15) is 19.5 Å². The lowest BCUT2D eigenvalue weighted by molar-refractivity contribution is -0.153. The van der Waals surface area contributed by atoms with Crippen LogP contribution in [-0.4, -0.2) is 70.1 Å². The minimum atomic E-state index is -1.63. The molecular weight excluding hydrogens is 338 g/mol. The minimum Gasteiger partial charge on any atom is -0.382 e. The minimum absolute atomic E-state index is 0.0976. The predicted octanol–water partition coefficient (Wildman–Crippen LogP) is 0.909. The largest absolute Gasteiger partial charge is 0.382 e. The third-order valence-electron chi connectivity index (χ3n) is 4.99. The Labute approximate surface area is 155 Å². The topological polar surface area (TPSA) is 110 Å². The maximum Gasteiger partial charge on any atom is 0.272 e. The quantitative estimate of drug-likeness (QED) is 0.390. The zero-order valence-corrected chi connectivity index (χ0v) is 16.1. The van der Waals surface area contributed by atoms with Gasteiger partial charge in [-0.1, -0.05) is 33.1 Å². The van der Waals surface area contributed by atoms with Crippen molar-refractivity contribution in [2.75, 3.05) is 20.1 Å². The summed E-state index contributed by atoms with van der Waals surface area (Å²) in [4.78, 5) is 40.5. The molecule has 3 atom stereocenters. The summed E-state index contributed by atoms with van der Waals surface area (Å²) in [6.07, 6.45) is 3.34. The van der Waals surface area contributed by atoms with E-state index < -0.39 is 29.9 Å². The van der Waals surface area contributed by atoms with Crippen LogP contribution in [0.1, 0.15) is 58.8 Å². The van der Waals surface area contributed by atoms with E-state index in [1.165, 1.54) is 10.4 Å². The molecule has 0 aromatic carbocycles. The van der Waals surface area contributed by atoms with Crippen molar-refractivity contribution in [2.45, 2.75) is 70.9 Å². The van der Waals surface area contributed by atoms with Gasteiger partial charge in [-0.15, -0.1) is 0 Å². The summed E-state index contributed by atoms with van der Waals surface area (Å²) < 4.78 is 0. The number of nitrogens with one attached hydrogen (secondary N) is 1. The summed E-state index contributed by atoms with van der Waals surface area (Å²) in [5.74, 6) is -2.45. The predicted molar refractivity (Wildman–Crippen MR) is 96.2 cm³/mol. The van der Waals surface area contributed by atoms with Gasteiger partial charge in [0.25, 0.3) is 5.91 Å².